The van der Waals surface area contributed by atoms with Crippen LogP contribution < -0.4 is 20.1 Å². The smallest absolute Gasteiger partial charge is 0.261 e. The molecule has 9 nitrogen and oxygen atoms in total. The number of amides is 2. The fourth-order valence-corrected chi connectivity index (χ4v) is 3.54. The average Bonchev–Trinajstić information content (AvgIpc) is 3.18. The molecule has 0 spiro atoms. The molecule has 0 aliphatic carbocycles. The van der Waals surface area contributed by atoms with E-state index in [-0.39, 0.29) is 11.8 Å². The summed E-state index contributed by atoms with van der Waals surface area (Å²) in [6.07, 6.45) is 3.34. The summed E-state index contributed by atoms with van der Waals surface area (Å²) in [5.41, 5.74) is 2.71. The van der Waals surface area contributed by atoms with E-state index in [2.05, 4.69) is 20.7 Å². The summed E-state index contributed by atoms with van der Waals surface area (Å²) in [7, 11) is 0. The van der Waals surface area contributed by atoms with Crippen molar-refractivity contribution in [3.63, 3.8) is 0 Å². The highest BCUT2D eigenvalue weighted by Gasteiger charge is 2.21. The molecule has 4 rings (SSSR count). The molecule has 0 saturated carbocycles. The number of nitrogens with zero attached hydrogens (tertiary/aromatic N) is 3. The average molecular weight is 460 g/mol. The molecule has 0 aliphatic heterocycles. The van der Waals surface area contributed by atoms with Gasteiger partial charge in [-0.15, -0.1) is 0 Å². The number of carbonyl (C=O) groups excluding carboxylic acids is 2. The van der Waals surface area contributed by atoms with Crippen LogP contribution in [0.3, 0.4) is 0 Å². The molecule has 0 aliphatic rings. The Kier molecular flexibility index (Phi) is 6.72. The molecule has 0 bridgehead atoms. The van der Waals surface area contributed by atoms with Gasteiger partial charge in [-0.3, -0.25) is 9.59 Å². The van der Waals surface area contributed by atoms with E-state index < -0.39 is 0 Å². The van der Waals surface area contributed by atoms with E-state index in [9.17, 15) is 9.59 Å². The molecule has 2 amide bonds. The van der Waals surface area contributed by atoms with Crippen molar-refractivity contribution < 1.29 is 19.1 Å². The SMILES string of the molecule is CCOc1cc(NC(=O)c2c(C)nn3cccnc23)c(OCC)cc1NC(=O)c1ccccc1. The van der Waals surface area contributed by atoms with Crippen LogP contribution in [0.5, 0.6) is 11.5 Å². The summed E-state index contributed by atoms with van der Waals surface area (Å²) in [5.74, 6) is 0.134. The Labute approximate surface area is 196 Å². The van der Waals surface area contributed by atoms with Crippen molar-refractivity contribution in [3.8, 4) is 11.5 Å². The van der Waals surface area contributed by atoms with Crippen LogP contribution in [0.4, 0.5) is 11.4 Å². The summed E-state index contributed by atoms with van der Waals surface area (Å²) < 4.78 is 13.1. The van der Waals surface area contributed by atoms with Gasteiger partial charge in [0.1, 0.15) is 17.1 Å². The van der Waals surface area contributed by atoms with Gasteiger partial charge in [0, 0.05) is 30.1 Å². The van der Waals surface area contributed by atoms with Crippen molar-refractivity contribution in [3.05, 3.63) is 77.7 Å². The van der Waals surface area contributed by atoms with Crippen molar-refractivity contribution in [1.29, 1.82) is 0 Å². The summed E-state index contributed by atoms with van der Waals surface area (Å²) in [5, 5.41) is 10.1. The van der Waals surface area contributed by atoms with Gasteiger partial charge in [0.25, 0.3) is 11.8 Å². The van der Waals surface area contributed by atoms with E-state index >= 15 is 0 Å². The van der Waals surface area contributed by atoms with Gasteiger partial charge in [0.05, 0.1) is 30.3 Å². The first-order chi connectivity index (χ1) is 16.5. The molecular formula is C25H25N5O4. The molecule has 2 aromatic carbocycles. The predicted octanol–water partition coefficient (Wildman–Crippen LogP) is 4.34. The number of carbonyl (C=O) groups is 2. The lowest BCUT2D eigenvalue weighted by Crippen LogP contribution is -2.16. The van der Waals surface area contributed by atoms with E-state index in [1.165, 1.54) is 0 Å². The topological polar surface area (TPSA) is 107 Å². The second-order valence-electron chi connectivity index (χ2n) is 7.33. The molecule has 2 aromatic heterocycles. The zero-order valence-corrected chi connectivity index (χ0v) is 19.2. The molecule has 34 heavy (non-hydrogen) atoms. The van der Waals surface area contributed by atoms with Crippen molar-refractivity contribution in [2.45, 2.75) is 20.8 Å². The maximum atomic E-state index is 13.2. The Morgan fingerprint density at radius 3 is 2.15 bits per heavy atom. The second kappa shape index (κ2) is 10.0. The Bertz CT molecular complexity index is 1330. The van der Waals surface area contributed by atoms with Gasteiger partial charge in [-0.2, -0.15) is 5.10 Å². The van der Waals surface area contributed by atoms with Crippen molar-refractivity contribution in [2.75, 3.05) is 23.8 Å². The summed E-state index contributed by atoms with van der Waals surface area (Å²) >= 11 is 0. The number of aryl methyl sites for hydroxylation is 1. The number of anilines is 2. The second-order valence-corrected chi connectivity index (χ2v) is 7.33. The number of rotatable bonds is 8. The van der Waals surface area contributed by atoms with Gasteiger partial charge < -0.3 is 20.1 Å². The van der Waals surface area contributed by atoms with Crippen molar-refractivity contribution in [1.82, 2.24) is 14.6 Å². The minimum absolute atomic E-state index is 0.283. The maximum absolute atomic E-state index is 13.2. The largest absolute Gasteiger partial charge is 0.492 e. The van der Waals surface area contributed by atoms with Crippen LogP contribution in [-0.4, -0.2) is 39.6 Å². The van der Waals surface area contributed by atoms with E-state index in [1.807, 2.05) is 19.9 Å². The lowest BCUT2D eigenvalue weighted by atomic mass is 10.1. The normalized spacial score (nSPS) is 10.7. The number of hydrogen-bond acceptors (Lipinski definition) is 6. The Morgan fingerprint density at radius 1 is 0.912 bits per heavy atom. The molecule has 4 aromatic rings. The molecule has 2 heterocycles. The molecule has 0 saturated heterocycles. The zero-order chi connectivity index (χ0) is 24.1. The van der Waals surface area contributed by atoms with Crippen LogP contribution in [-0.2, 0) is 0 Å². The number of aromatic nitrogens is 3. The highest BCUT2D eigenvalue weighted by molar-refractivity contribution is 6.10. The quantitative estimate of drug-likeness (QED) is 0.406. The fourth-order valence-electron chi connectivity index (χ4n) is 3.54. The number of benzene rings is 2. The molecular weight excluding hydrogens is 434 g/mol. The highest BCUT2D eigenvalue weighted by atomic mass is 16.5. The lowest BCUT2D eigenvalue weighted by Gasteiger charge is -2.18. The van der Waals surface area contributed by atoms with Gasteiger partial charge in [0.15, 0.2) is 5.65 Å². The molecule has 174 valence electrons. The Hall–Kier alpha value is -4.40. The van der Waals surface area contributed by atoms with Crippen LogP contribution in [0.2, 0.25) is 0 Å². The summed E-state index contributed by atoms with van der Waals surface area (Å²) in [6, 6.07) is 13.9. The molecule has 0 atom stereocenters. The molecule has 0 radical (unpaired) electrons. The maximum Gasteiger partial charge on any atom is 0.261 e. The monoisotopic (exact) mass is 459 g/mol. The minimum Gasteiger partial charge on any atom is -0.492 e. The molecule has 2 N–H and O–H groups in total. The van der Waals surface area contributed by atoms with E-state index in [0.717, 1.165) is 0 Å². The first-order valence-electron chi connectivity index (χ1n) is 10.9. The van der Waals surface area contributed by atoms with Gasteiger partial charge in [-0.25, -0.2) is 9.50 Å². The van der Waals surface area contributed by atoms with Crippen LogP contribution in [0.25, 0.3) is 5.65 Å². The van der Waals surface area contributed by atoms with Crippen molar-refractivity contribution >= 4 is 28.8 Å². The molecule has 0 unspecified atom stereocenters. The van der Waals surface area contributed by atoms with Gasteiger partial charge in [-0.1, -0.05) is 18.2 Å². The molecule has 9 heteroatoms. The zero-order valence-electron chi connectivity index (χ0n) is 19.2. The Morgan fingerprint density at radius 2 is 1.53 bits per heavy atom. The van der Waals surface area contributed by atoms with Crippen LogP contribution in [0.15, 0.2) is 60.9 Å². The van der Waals surface area contributed by atoms with Crippen LogP contribution in [0, 0.1) is 6.92 Å². The number of ether oxygens (including phenoxy) is 2. The lowest BCUT2D eigenvalue weighted by molar-refractivity contribution is 0.101. The summed E-state index contributed by atoms with van der Waals surface area (Å²) in [6.45, 7) is 6.16. The fraction of sp³-hybridized carbons (Fsp3) is 0.200. The van der Waals surface area contributed by atoms with E-state index in [0.29, 0.717) is 58.6 Å². The standard InChI is InChI=1S/C25H25N5O4/c1-4-33-20-15-19(28-25(32)22-16(3)29-30-13-9-12-26-23(22)30)21(34-5-2)14-18(20)27-24(31)17-10-7-6-8-11-17/h6-15H,4-5H2,1-3H3,(H,27,31)(H,28,32). The van der Waals surface area contributed by atoms with E-state index in [1.54, 1.807) is 66.3 Å². The Balaban J connectivity index is 1.69. The van der Waals surface area contributed by atoms with Crippen LogP contribution >= 0.6 is 0 Å². The highest BCUT2D eigenvalue weighted by Crippen LogP contribution is 2.37. The van der Waals surface area contributed by atoms with Gasteiger partial charge in [0.2, 0.25) is 0 Å². The van der Waals surface area contributed by atoms with Gasteiger partial charge in [-0.05, 0) is 39.0 Å². The van der Waals surface area contributed by atoms with E-state index in [4.69, 9.17) is 9.47 Å². The minimum atomic E-state index is -0.379. The third-order valence-electron chi connectivity index (χ3n) is 5.01. The van der Waals surface area contributed by atoms with Crippen LogP contribution in [0.1, 0.15) is 40.3 Å². The number of hydrogen-bond donors (Lipinski definition) is 2. The van der Waals surface area contributed by atoms with Crippen molar-refractivity contribution in [2.24, 2.45) is 0 Å². The third kappa shape index (κ3) is 4.68. The third-order valence-corrected chi connectivity index (χ3v) is 5.01. The van der Waals surface area contributed by atoms with Gasteiger partial charge >= 0.3 is 0 Å². The molecule has 0 fully saturated rings. The predicted molar refractivity (Wildman–Crippen MR) is 129 cm³/mol. The first-order valence-corrected chi connectivity index (χ1v) is 10.9. The number of nitrogens with one attached hydrogen (secondary N) is 2. The summed E-state index contributed by atoms with van der Waals surface area (Å²) in [4.78, 5) is 30.2. The number of fused-ring (bicyclic) bond motifs is 1. The first kappa shape index (κ1) is 22.8.